The zero-order chi connectivity index (χ0) is 11.3. The molecule has 0 radical (unpaired) electrons. The molecule has 0 spiro atoms. The van der Waals surface area contributed by atoms with Gasteiger partial charge in [-0.15, -0.1) is 0 Å². The van der Waals surface area contributed by atoms with E-state index in [-0.39, 0.29) is 11.8 Å². The largest absolute Gasteiger partial charge is 0.321 e. The predicted octanol–water partition coefficient (Wildman–Crippen LogP) is 2.69. The van der Waals surface area contributed by atoms with Crippen molar-refractivity contribution < 1.29 is 4.79 Å². The maximum Gasteiger partial charge on any atom is 0.153 e. The molecular weight excluding hydrogens is 254 g/mol. The Labute approximate surface area is 99.0 Å². The standard InChI is InChI=1S/C12H16BrNO/c1-2-3-11(14)12(15)8-9-4-6-10(13)7-5-9/h4-7,11H,2-3,8,14H2,1H3. The van der Waals surface area contributed by atoms with Crippen LogP contribution in [0.3, 0.4) is 0 Å². The highest BCUT2D eigenvalue weighted by Crippen LogP contribution is 2.11. The molecule has 0 aromatic heterocycles. The Balaban J connectivity index is 2.54. The molecule has 2 nitrogen and oxygen atoms in total. The van der Waals surface area contributed by atoms with Crippen molar-refractivity contribution in [2.24, 2.45) is 5.73 Å². The molecule has 82 valence electrons. The zero-order valence-electron chi connectivity index (χ0n) is 8.87. The smallest absolute Gasteiger partial charge is 0.153 e. The summed E-state index contributed by atoms with van der Waals surface area (Å²) < 4.78 is 1.02. The van der Waals surface area contributed by atoms with Crippen molar-refractivity contribution in [3.63, 3.8) is 0 Å². The highest BCUT2D eigenvalue weighted by molar-refractivity contribution is 9.10. The molecule has 1 aromatic carbocycles. The topological polar surface area (TPSA) is 43.1 Å². The van der Waals surface area contributed by atoms with Crippen LogP contribution in [0.4, 0.5) is 0 Å². The van der Waals surface area contributed by atoms with Crippen LogP contribution in [0.25, 0.3) is 0 Å². The maximum absolute atomic E-state index is 11.7. The molecule has 0 aliphatic rings. The molecule has 0 saturated heterocycles. The summed E-state index contributed by atoms with van der Waals surface area (Å²) in [4.78, 5) is 11.7. The third-order valence-corrected chi connectivity index (χ3v) is 2.83. The van der Waals surface area contributed by atoms with Crippen molar-refractivity contribution in [1.82, 2.24) is 0 Å². The van der Waals surface area contributed by atoms with Crippen LogP contribution in [0.1, 0.15) is 25.3 Å². The van der Waals surface area contributed by atoms with E-state index in [9.17, 15) is 4.79 Å². The van der Waals surface area contributed by atoms with E-state index in [1.165, 1.54) is 0 Å². The lowest BCUT2D eigenvalue weighted by Gasteiger charge is -2.08. The Morgan fingerprint density at radius 1 is 1.40 bits per heavy atom. The molecule has 1 unspecified atom stereocenters. The number of benzene rings is 1. The lowest BCUT2D eigenvalue weighted by Crippen LogP contribution is -2.31. The van der Waals surface area contributed by atoms with Crippen LogP contribution >= 0.6 is 15.9 Å². The first kappa shape index (κ1) is 12.4. The van der Waals surface area contributed by atoms with Crippen molar-refractivity contribution in [3.05, 3.63) is 34.3 Å². The van der Waals surface area contributed by atoms with Gasteiger partial charge in [-0.3, -0.25) is 4.79 Å². The Morgan fingerprint density at radius 3 is 2.53 bits per heavy atom. The molecule has 0 aliphatic carbocycles. The van der Waals surface area contributed by atoms with Crippen molar-refractivity contribution in [2.75, 3.05) is 0 Å². The number of Topliss-reactive ketones (excluding diaryl/α,β-unsaturated/α-hetero) is 1. The average molecular weight is 270 g/mol. The van der Waals surface area contributed by atoms with Gasteiger partial charge in [0.05, 0.1) is 6.04 Å². The summed E-state index contributed by atoms with van der Waals surface area (Å²) in [6.45, 7) is 2.03. The average Bonchev–Trinajstić information content (AvgIpc) is 2.22. The molecule has 2 N–H and O–H groups in total. The predicted molar refractivity (Wildman–Crippen MR) is 65.7 cm³/mol. The summed E-state index contributed by atoms with van der Waals surface area (Å²) in [5.74, 6) is 0.124. The van der Waals surface area contributed by atoms with Crippen LogP contribution in [0.5, 0.6) is 0 Å². The third kappa shape index (κ3) is 4.14. The monoisotopic (exact) mass is 269 g/mol. The first-order valence-corrected chi connectivity index (χ1v) is 5.95. The number of hydrogen-bond acceptors (Lipinski definition) is 2. The molecule has 0 aliphatic heterocycles. The molecule has 1 atom stereocenters. The number of carbonyl (C=O) groups is 1. The van der Waals surface area contributed by atoms with Gasteiger partial charge in [0.2, 0.25) is 0 Å². The molecule has 1 aromatic rings. The second-order valence-electron chi connectivity index (χ2n) is 3.66. The molecule has 3 heteroatoms. The Kier molecular flexibility index (Phi) is 4.99. The SMILES string of the molecule is CCCC(N)C(=O)Cc1ccc(Br)cc1. The summed E-state index contributed by atoms with van der Waals surface area (Å²) >= 11 is 3.36. The number of hydrogen-bond donors (Lipinski definition) is 1. The lowest BCUT2D eigenvalue weighted by molar-refractivity contribution is -0.119. The van der Waals surface area contributed by atoms with E-state index in [1.54, 1.807) is 0 Å². The minimum absolute atomic E-state index is 0.124. The third-order valence-electron chi connectivity index (χ3n) is 2.30. The number of carbonyl (C=O) groups excluding carboxylic acids is 1. The number of ketones is 1. The van der Waals surface area contributed by atoms with Crippen molar-refractivity contribution in [1.29, 1.82) is 0 Å². The Bertz CT molecular complexity index is 321. The highest BCUT2D eigenvalue weighted by Gasteiger charge is 2.12. The first-order valence-electron chi connectivity index (χ1n) is 5.16. The number of nitrogens with two attached hydrogens (primary N) is 1. The quantitative estimate of drug-likeness (QED) is 0.893. The van der Waals surface area contributed by atoms with E-state index in [2.05, 4.69) is 15.9 Å². The van der Waals surface area contributed by atoms with Crippen LogP contribution in [-0.4, -0.2) is 11.8 Å². The summed E-state index contributed by atoms with van der Waals surface area (Å²) in [7, 11) is 0. The molecule has 0 amide bonds. The van der Waals surface area contributed by atoms with E-state index in [0.717, 1.165) is 22.9 Å². The molecule has 15 heavy (non-hydrogen) atoms. The van der Waals surface area contributed by atoms with E-state index in [0.29, 0.717) is 6.42 Å². The molecule has 0 bridgehead atoms. The molecule has 0 saturated carbocycles. The summed E-state index contributed by atoms with van der Waals surface area (Å²) in [6, 6.07) is 7.46. The minimum Gasteiger partial charge on any atom is -0.321 e. The van der Waals surface area contributed by atoms with Crippen molar-refractivity contribution in [2.45, 2.75) is 32.2 Å². The minimum atomic E-state index is -0.307. The summed E-state index contributed by atoms with van der Waals surface area (Å²) in [5, 5.41) is 0. The Morgan fingerprint density at radius 2 is 2.00 bits per heavy atom. The normalized spacial score (nSPS) is 12.5. The van der Waals surface area contributed by atoms with E-state index in [4.69, 9.17) is 5.73 Å². The van der Waals surface area contributed by atoms with E-state index in [1.807, 2.05) is 31.2 Å². The first-order chi connectivity index (χ1) is 7.13. The second kappa shape index (κ2) is 6.03. The van der Waals surface area contributed by atoms with Gasteiger partial charge in [0, 0.05) is 10.9 Å². The lowest BCUT2D eigenvalue weighted by atomic mass is 10.0. The van der Waals surface area contributed by atoms with E-state index >= 15 is 0 Å². The number of halogens is 1. The van der Waals surface area contributed by atoms with Crippen LogP contribution < -0.4 is 5.73 Å². The fourth-order valence-corrected chi connectivity index (χ4v) is 1.67. The molecule has 0 fully saturated rings. The van der Waals surface area contributed by atoms with Crippen LogP contribution in [-0.2, 0) is 11.2 Å². The van der Waals surface area contributed by atoms with Crippen LogP contribution in [0.2, 0.25) is 0 Å². The van der Waals surface area contributed by atoms with Gasteiger partial charge in [0.15, 0.2) is 5.78 Å². The fourth-order valence-electron chi connectivity index (χ4n) is 1.41. The maximum atomic E-state index is 11.7. The summed E-state index contributed by atoms with van der Waals surface area (Å²) in [6.07, 6.45) is 2.16. The van der Waals surface area contributed by atoms with Crippen LogP contribution in [0, 0.1) is 0 Å². The van der Waals surface area contributed by atoms with E-state index < -0.39 is 0 Å². The second-order valence-corrected chi connectivity index (χ2v) is 4.58. The van der Waals surface area contributed by atoms with Gasteiger partial charge in [-0.1, -0.05) is 41.4 Å². The van der Waals surface area contributed by atoms with Gasteiger partial charge in [-0.2, -0.15) is 0 Å². The molecule has 1 rings (SSSR count). The Hall–Kier alpha value is -0.670. The van der Waals surface area contributed by atoms with Gasteiger partial charge >= 0.3 is 0 Å². The van der Waals surface area contributed by atoms with Gasteiger partial charge in [0.1, 0.15) is 0 Å². The molecular formula is C12H16BrNO. The van der Waals surface area contributed by atoms with Crippen molar-refractivity contribution >= 4 is 21.7 Å². The highest BCUT2D eigenvalue weighted by atomic mass is 79.9. The van der Waals surface area contributed by atoms with Crippen molar-refractivity contribution in [3.8, 4) is 0 Å². The van der Waals surface area contributed by atoms with Gasteiger partial charge in [-0.05, 0) is 24.1 Å². The number of rotatable bonds is 5. The van der Waals surface area contributed by atoms with Gasteiger partial charge in [0.25, 0.3) is 0 Å². The fraction of sp³-hybridized carbons (Fsp3) is 0.417. The molecule has 0 heterocycles. The van der Waals surface area contributed by atoms with Crippen LogP contribution in [0.15, 0.2) is 28.7 Å². The summed E-state index contributed by atoms with van der Waals surface area (Å²) in [5.41, 5.74) is 6.77. The van der Waals surface area contributed by atoms with Gasteiger partial charge < -0.3 is 5.73 Å². The zero-order valence-corrected chi connectivity index (χ0v) is 10.5. The van der Waals surface area contributed by atoms with Gasteiger partial charge in [-0.25, -0.2) is 0 Å².